The zero-order chi connectivity index (χ0) is 13.0. The third-order valence-corrected chi connectivity index (χ3v) is 3.49. The lowest BCUT2D eigenvalue weighted by Crippen LogP contribution is -1.96. The van der Waals surface area contributed by atoms with E-state index in [4.69, 9.17) is 16.3 Å². The molecule has 0 spiro atoms. The van der Waals surface area contributed by atoms with Gasteiger partial charge in [0.15, 0.2) is 0 Å². The van der Waals surface area contributed by atoms with E-state index in [2.05, 4.69) is 15.9 Å². The molecular formula is C14H11BrClFO. The van der Waals surface area contributed by atoms with Crippen LogP contribution in [0.25, 0.3) is 0 Å². The van der Waals surface area contributed by atoms with Gasteiger partial charge in [-0.05, 0) is 29.8 Å². The summed E-state index contributed by atoms with van der Waals surface area (Å²) in [4.78, 5) is 0. The molecule has 4 heteroatoms. The third-order valence-electron chi connectivity index (χ3n) is 2.49. The van der Waals surface area contributed by atoms with Crippen LogP contribution in [0.1, 0.15) is 11.1 Å². The van der Waals surface area contributed by atoms with Gasteiger partial charge < -0.3 is 4.74 Å². The van der Waals surface area contributed by atoms with Gasteiger partial charge in [-0.25, -0.2) is 4.39 Å². The van der Waals surface area contributed by atoms with Crippen LogP contribution in [0.4, 0.5) is 4.39 Å². The second kappa shape index (κ2) is 6.21. The van der Waals surface area contributed by atoms with Crippen LogP contribution in [-0.2, 0) is 11.9 Å². The molecule has 0 unspecified atom stereocenters. The summed E-state index contributed by atoms with van der Waals surface area (Å²) in [5.41, 5.74) is 1.95. The molecule has 0 bridgehead atoms. The molecule has 0 heterocycles. The van der Waals surface area contributed by atoms with E-state index in [0.717, 1.165) is 16.6 Å². The molecule has 1 nitrogen and oxygen atoms in total. The van der Waals surface area contributed by atoms with E-state index in [1.807, 2.05) is 24.3 Å². The predicted octanol–water partition coefficient (Wildman–Crippen LogP) is 4.95. The average Bonchev–Trinajstić information content (AvgIpc) is 2.38. The van der Waals surface area contributed by atoms with Crippen molar-refractivity contribution in [2.75, 3.05) is 0 Å². The van der Waals surface area contributed by atoms with E-state index in [-0.39, 0.29) is 5.82 Å². The van der Waals surface area contributed by atoms with Gasteiger partial charge in [-0.2, -0.15) is 0 Å². The van der Waals surface area contributed by atoms with Crippen LogP contribution in [0.15, 0.2) is 42.5 Å². The Morgan fingerprint density at radius 2 is 1.83 bits per heavy atom. The minimum atomic E-state index is -0.342. The molecule has 0 atom stereocenters. The number of hydrogen-bond donors (Lipinski definition) is 0. The van der Waals surface area contributed by atoms with Gasteiger partial charge in [0.2, 0.25) is 0 Å². The van der Waals surface area contributed by atoms with Crippen molar-refractivity contribution in [2.24, 2.45) is 0 Å². The first kappa shape index (κ1) is 13.4. The third kappa shape index (κ3) is 3.47. The standard InChI is InChI=1S/C14H11BrClFO/c15-8-10-1-5-13(6-2-10)18-9-11-3-4-12(17)7-14(11)16/h1-7H,8-9H2. The summed E-state index contributed by atoms with van der Waals surface area (Å²) in [5.74, 6) is 0.422. The molecule has 2 aromatic carbocycles. The van der Waals surface area contributed by atoms with Gasteiger partial charge >= 0.3 is 0 Å². The van der Waals surface area contributed by atoms with E-state index in [1.165, 1.54) is 17.7 Å². The fourth-order valence-corrected chi connectivity index (χ4v) is 2.07. The lowest BCUT2D eigenvalue weighted by Gasteiger charge is -2.08. The zero-order valence-electron chi connectivity index (χ0n) is 9.50. The normalized spacial score (nSPS) is 10.4. The lowest BCUT2D eigenvalue weighted by atomic mass is 10.2. The molecule has 0 aliphatic carbocycles. The highest BCUT2D eigenvalue weighted by molar-refractivity contribution is 9.08. The summed E-state index contributed by atoms with van der Waals surface area (Å²) in [5, 5.41) is 1.20. The Labute approximate surface area is 119 Å². The van der Waals surface area contributed by atoms with Gasteiger partial charge in [0.25, 0.3) is 0 Å². The molecule has 0 amide bonds. The van der Waals surface area contributed by atoms with E-state index >= 15 is 0 Å². The Morgan fingerprint density at radius 1 is 1.11 bits per heavy atom. The predicted molar refractivity (Wildman–Crippen MR) is 74.8 cm³/mol. The quantitative estimate of drug-likeness (QED) is 0.721. The fourth-order valence-electron chi connectivity index (χ4n) is 1.47. The van der Waals surface area contributed by atoms with Crippen molar-refractivity contribution in [3.8, 4) is 5.75 Å². The Balaban J connectivity index is 2.02. The van der Waals surface area contributed by atoms with Gasteiger partial charge in [-0.3, -0.25) is 0 Å². The molecule has 2 rings (SSSR count). The van der Waals surface area contributed by atoms with Gasteiger partial charge in [-0.15, -0.1) is 0 Å². The smallest absolute Gasteiger partial charge is 0.124 e. The maximum Gasteiger partial charge on any atom is 0.124 e. The first-order chi connectivity index (χ1) is 8.69. The summed E-state index contributed by atoms with van der Waals surface area (Å²) in [6.45, 7) is 0.326. The van der Waals surface area contributed by atoms with Crippen LogP contribution in [0.3, 0.4) is 0 Å². The molecule has 0 fully saturated rings. The van der Waals surface area contributed by atoms with E-state index in [1.54, 1.807) is 6.07 Å². The molecule has 2 aromatic rings. The van der Waals surface area contributed by atoms with Gasteiger partial charge in [-0.1, -0.05) is 45.7 Å². The number of alkyl halides is 1. The number of hydrogen-bond acceptors (Lipinski definition) is 1. The van der Waals surface area contributed by atoms with Gasteiger partial charge in [0.05, 0.1) is 5.02 Å². The molecule has 0 N–H and O–H groups in total. The number of ether oxygens (including phenoxy) is 1. The molecular weight excluding hydrogens is 319 g/mol. The van der Waals surface area contributed by atoms with Crippen LogP contribution in [-0.4, -0.2) is 0 Å². The minimum Gasteiger partial charge on any atom is -0.489 e. The summed E-state index contributed by atoms with van der Waals surface area (Å²) < 4.78 is 18.5. The van der Waals surface area contributed by atoms with E-state index < -0.39 is 0 Å². The topological polar surface area (TPSA) is 9.23 Å². The van der Waals surface area contributed by atoms with E-state index in [9.17, 15) is 4.39 Å². The largest absolute Gasteiger partial charge is 0.489 e. The van der Waals surface area contributed by atoms with Crippen molar-refractivity contribution in [1.29, 1.82) is 0 Å². The van der Waals surface area contributed by atoms with Gasteiger partial charge in [0, 0.05) is 10.9 Å². The number of rotatable bonds is 4. The summed E-state index contributed by atoms with van der Waals surface area (Å²) in [6.07, 6.45) is 0. The molecule has 0 saturated heterocycles. The Bertz CT molecular complexity index is 528. The Kier molecular flexibility index (Phi) is 4.61. The molecule has 0 saturated carbocycles. The highest BCUT2D eigenvalue weighted by Gasteiger charge is 2.03. The summed E-state index contributed by atoms with van der Waals surface area (Å²) >= 11 is 9.30. The van der Waals surface area contributed by atoms with Crippen molar-refractivity contribution in [3.05, 3.63) is 64.4 Å². The molecule has 0 radical (unpaired) electrons. The van der Waals surface area contributed by atoms with Crippen LogP contribution < -0.4 is 4.74 Å². The van der Waals surface area contributed by atoms with Crippen LogP contribution in [0, 0.1) is 5.82 Å². The second-order valence-electron chi connectivity index (χ2n) is 3.80. The number of halogens is 3. The molecule has 0 aromatic heterocycles. The maximum atomic E-state index is 12.9. The monoisotopic (exact) mass is 328 g/mol. The summed E-state index contributed by atoms with van der Waals surface area (Å²) in [6, 6.07) is 12.0. The Hall–Kier alpha value is -1.06. The van der Waals surface area contributed by atoms with Gasteiger partial charge in [0.1, 0.15) is 18.2 Å². The van der Waals surface area contributed by atoms with Crippen molar-refractivity contribution >= 4 is 27.5 Å². The molecule has 94 valence electrons. The number of benzene rings is 2. The van der Waals surface area contributed by atoms with E-state index in [0.29, 0.717) is 11.6 Å². The second-order valence-corrected chi connectivity index (χ2v) is 4.77. The minimum absolute atomic E-state index is 0.326. The average molecular weight is 330 g/mol. The van der Waals surface area contributed by atoms with Crippen LogP contribution >= 0.6 is 27.5 Å². The lowest BCUT2D eigenvalue weighted by molar-refractivity contribution is 0.306. The highest BCUT2D eigenvalue weighted by Crippen LogP contribution is 2.20. The fraction of sp³-hybridized carbons (Fsp3) is 0.143. The Morgan fingerprint density at radius 3 is 2.44 bits per heavy atom. The first-order valence-corrected chi connectivity index (χ1v) is 6.90. The molecule has 0 aliphatic rings. The maximum absolute atomic E-state index is 12.9. The van der Waals surface area contributed by atoms with Crippen molar-refractivity contribution < 1.29 is 9.13 Å². The first-order valence-electron chi connectivity index (χ1n) is 5.40. The van der Waals surface area contributed by atoms with Crippen molar-refractivity contribution in [1.82, 2.24) is 0 Å². The SMILES string of the molecule is Fc1ccc(COc2ccc(CBr)cc2)c(Cl)c1. The molecule has 18 heavy (non-hydrogen) atoms. The summed E-state index contributed by atoms with van der Waals surface area (Å²) in [7, 11) is 0. The zero-order valence-corrected chi connectivity index (χ0v) is 11.8. The molecule has 0 aliphatic heterocycles. The highest BCUT2D eigenvalue weighted by atomic mass is 79.9. The van der Waals surface area contributed by atoms with Crippen LogP contribution in [0.2, 0.25) is 5.02 Å². The van der Waals surface area contributed by atoms with Crippen LogP contribution in [0.5, 0.6) is 5.75 Å². The van der Waals surface area contributed by atoms with Crippen molar-refractivity contribution in [2.45, 2.75) is 11.9 Å². The van der Waals surface area contributed by atoms with Crippen molar-refractivity contribution in [3.63, 3.8) is 0 Å².